The Bertz CT molecular complexity index is 511. The maximum atomic E-state index is 11.4. The van der Waals surface area contributed by atoms with Crippen LogP contribution in [0.25, 0.3) is 6.20 Å². The van der Waals surface area contributed by atoms with Crippen LogP contribution in [0.5, 0.6) is 0 Å². The van der Waals surface area contributed by atoms with E-state index in [1.54, 1.807) is 13.0 Å². The third kappa shape index (κ3) is 3.33. The second-order valence-electron chi connectivity index (χ2n) is 2.76. The average molecular weight is 233 g/mol. The lowest BCUT2D eigenvalue weighted by Crippen LogP contribution is -2.23. The van der Waals surface area contributed by atoms with Gasteiger partial charge in [-0.25, -0.2) is 8.98 Å². The highest BCUT2D eigenvalue weighted by Gasteiger charge is 2.06. The minimum Gasteiger partial charge on any atom is -0.255 e. The fourth-order valence-corrected chi connectivity index (χ4v) is 1.14. The van der Waals surface area contributed by atoms with E-state index in [4.69, 9.17) is 0 Å². The summed E-state index contributed by atoms with van der Waals surface area (Å²) in [5, 5.41) is 3.71. The smallest absolute Gasteiger partial charge is 0.255 e. The van der Waals surface area contributed by atoms with Gasteiger partial charge in [-0.05, 0) is 6.92 Å². The Labute approximate surface area is 86.7 Å². The number of hydrogen-bond acceptors (Lipinski definition) is 5. The molecule has 8 heteroatoms. The Morgan fingerprint density at radius 1 is 1.60 bits per heavy atom. The van der Waals surface area contributed by atoms with E-state index >= 15 is 0 Å². The third-order valence-electron chi connectivity index (χ3n) is 1.45. The van der Waals surface area contributed by atoms with Crippen LogP contribution in [0.3, 0.4) is 0 Å². The fourth-order valence-electron chi connectivity index (χ4n) is 0.833. The van der Waals surface area contributed by atoms with Crippen LogP contribution >= 0.6 is 0 Å². The predicted molar refractivity (Wildman–Crippen MR) is 53.4 cm³/mol. The molecule has 0 fully saturated rings. The van der Waals surface area contributed by atoms with Gasteiger partial charge in [0.05, 0.1) is 6.26 Å². The number of hydrogen-bond donors (Lipinski definition) is 0. The van der Waals surface area contributed by atoms with Gasteiger partial charge < -0.3 is 0 Å². The first-order valence-electron chi connectivity index (χ1n) is 4.05. The summed E-state index contributed by atoms with van der Waals surface area (Å²) in [6, 6.07) is 0. The van der Waals surface area contributed by atoms with Crippen molar-refractivity contribution in [1.29, 1.82) is 0 Å². The second-order valence-corrected chi connectivity index (χ2v) is 4.41. The molecule has 0 aliphatic rings. The summed E-state index contributed by atoms with van der Waals surface area (Å²) >= 11 is 0. The number of nitrogens with zero attached hydrogens (tertiary/aromatic N) is 3. The summed E-state index contributed by atoms with van der Waals surface area (Å²) in [4.78, 5) is 11.4. The highest BCUT2D eigenvalue weighted by molar-refractivity contribution is 7.85. The maximum absolute atomic E-state index is 11.4. The SMILES string of the molecule is C/C=C/n1ncn(COS(C)(=O)=O)c1=O. The Morgan fingerprint density at radius 2 is 2.27 bits per heavy atom. The standard InChI is InChI=1S/C7H11N3O4S/c1-3-4-10-7(11)9(5-8-10)6-14-15(2,12)13/h3-5H,6H2,1-2H3/b4-3+. The summed E-state index contributed by atoms with van der Waals surface area (Å²) in [5.41, 5.74) is -0.461. The molecule has 0 aliphatic heterocycles. The van der Waals surface area contributed by atoms with E-state index in [0.29, 0.717) is 0 Å². The molecule has 0 saturated heterocycles. The first kappa shape index (κ1) is 11.7. The van der Waals surface area contributed by atoms with Crippen molar-refractivity contribution in [3.63, 3.8) is 0 Å². The van der Waals surface area contributed by atoms with Crippen LogP contribution < -0.4 is 5.69 Å². The van der Waals surface area contributed by atoms with E-state index in [1.165, 1.54) is 12.5 Å². The Balaban J connectivity index is 2.85. The molecule has 15 heavy (non-hydrogen) atoms. The minimum atomic E-state index is -3.56. The van der Waals surface area contributed by atoms with E-state index in [2.05, 4.69) is 9.28 Å². The summed E-state index contributed by atoms with van der Waals surface area (Å²) in [6.45, 7) is 1.37. The zero-order valence-electron chi connectivity index (χ0n) is 8.32. The topological polar surface area (TPSA) is 83.2 Å². The van der Waals surface area contributed by atoms with Crippen molar-refractivity contribution in [2.45, 2.75) is 13.7 Å². The van der Waals surface area contributed by atoms with Gasteiger partial charge in [0, 0.05) is 6.20 Å². The van der Waals surface area contributed by atoms with Gasteiger partial charge >= 0.3 is 5.69 Å². The molecule has 1 aromatic rings. The lowest BCUT2D eigenvalue weighted by Gasteiger charge is -1.99. The molecule has 1 heterocycles. The molecule has 7 nitrogen and oxygen atoms in total. The maximum Gasteiger partial charge on any atom is 0.351 e. The Hall–Kier alpha value is -1.41. The highest BCUT2D eigenvalue weighted by Crippen LogP contribution is 1.89. The van der Waals surface area contributed by atoms with Crippen molar-refractivity contribution in [3.8, 4) is 0 Å². The van der Waals surface area contributed by atoms with Crippen molar-refractivity contribution in [3.05, 3.63) is 22.9 Å². The molecule has 0 unspecified atom stereocenters. The highest BCUT2D eigenvalue weighted by atomic mass is 32.2. The second kappa shape index (κ2) is 4.41. The summed E-state index contributed by atoms with van der Waals surface area (Å²) in [6.07, 6.45) is 5.21. The van der Waals surface area contributed by atoms with Crippen molar-refractivity contribution in [1.82, 2.24) is 14.3 Å². The molecular formula is C7H11N3O4S. The predicted octanol–water partition coefficient (Wildman–Crippen LogP) is -0.531. The van der Waals surface area contributed by atoms with E-state index in [9.17, 15) is 13.2 Å². The molecule has 0 atom stereocenters. The van der Waals surface area contributed by atoms with Crippen molar-refractivity contribution in [2.24, 2.45) is 0 Å². The van der Waals surface area contributed by atoms with Gasteiger partial charge in [0.25, 0.3) is 10.1 Å². The van der Waals surface area contributed by atoms with Crippen LogP contribution in [0, 0.1) is 0 Å². The number of rotatable bonds is 4. The molecule has 84 valence electrons. The zero-order valence-corrected chi connectivity index (χ0v) is 9.14. The summed E-state index contributed by atoms with van der Waals surface area (Å²) in [7, 11) is -3.56. The molecule has 0 aromatic carbocycles. The largest absolute Gasteiger partial charge is 0.351 e. The van der Waals surface area contributed by atoms with Gasteiger partial charge in [-0.15, -0.1) is 0 Å². The monoisotopic (exact) mass is 233 g/mol. The fraction of sp³-hybridized carbons (Fsp3) is 0.429. The van der Waals surface area contributed by atoms with Gasteiger partial charge in [0.1, 0.15) is 13.1 Å². The van der Waals surface area contributed by atoms with Crippen LogP contribution in [0.2, 0.25) is 0 Å². The van der Waals surface area contributed by atoms with Gasteiger partial charge in [-0.3, -0.25) is 4.57 Å². The normalized spacial score (nSPS) is 12.4. The lowest BCUT2D eigenvalue weighted by molar-refractivity contribution is 0.241. The molecular weight excluding hydrogens is 222 g/mol. The molecule has 0 saturated carbocycles. The molecule has 0 spiro atoms. The van der Waals surface area contributed by atoms with Crippen molar-refractivity contribution in [2.75, 3.05) is 6.26 Å². The quantitative estimate of drug-likeness (QED) is 0.653. The lowest BCUT2D eigenvalue weighted by atomic mass is 10.7. The summed E-state index contributed by atoms with van der Waals surface area (Å²) in [5.74, 6) is 0. The van der Waals surface area contributed by atoms with Crippen LogP contribution in [0.15, 0.2) is 17.2 Å². The van der Waals surface area contributed by atoms with Crippen molar-refractivity contribution >= 4 is 16.3 Å². The number of allylic oxidation sites excluding steroid dienone is 1. The van der Waals surface area contributed by atoms with Crippen molar-refractivity contribution < 1.29 is 12.6 Å². The van der Waals surface area contributed by atoms with E-state index in [0.717, 1.165) is 15.5 Å². The summed E-state index contributed by atoms with van der Waals surface area (Å²) < 4.78 is 27.9. The Kier molecular flexibility index (Phi) is 3.43. The molecule has 0 radical (unpaired) electrons. The van der Waals surface area contributed by atoms with E-state index in [1.807, 2.05) is 0 Å². The molecule has 1 aromatic heterocycles. The molecule has 0 aliphatic carbocycles. The first-order valence-corrected chi connectivity index (χ1v) is 5.87. The molecule has 0 N–H and O–H groups in total. The van der Waals surface area contributed by atoms with Gasteiger partial charge in [-0.1, -0.05) is 6.08 Å². The number of aromatic nitrogens is 3. The van der Waals surface area contributed by atoms with Crippen LogP contribution in [-0.2, 0) is 21.0 Å². The molecule has 0 bridgehead atoms. The third-order valence-corrected chi connectivity index (χ3v) is 1.99. The first-order chi connectivity index (χ1) is 6.94. The van der Waals surface area contributed by atoms with E-state index in [-0.39, 0.29) is 6.73 Å². The molecule has 1 rings (SSSR count). The van der Waals surface area contributed by atoms with Crippen LogP contribution in [0.1, 0.15) is 6.92 Å². The van der Waals surface area contributed by atoms with Crippen LogP contribution in [-0.4, -0.2) is 29.0 Å². The van der Waals surface area contributed by atoms with Gasteiger partial charge in [0.2, 0.25) is 0 Å². The zero-order chi connectivity index (χ0) is 11.5. The van der Waals surface area contributed by atoms with E-state index < -0.39 is 15.8 Å². The molecule has 0 amide bonds. The van der Waals surface area contributed by atoms with Gasteiger partial charge in [-0.2, -0.15) is 18.2 Å². The van der Waals surface area contributed by atoms with Crippen LogP contribution in [0.4, 0.5) is 0 Å². The van der Waals surface area contributed by atoms with Gasteiger partial charge in [0.15, 0.2) is 0 Å². The average Bonchev–Trinajstić information content (AvgIpc) is 2.45. The Morgan fingerprint density at radius 3 is 2.80 bits per heavy atom. The minimum absolute atomic E-state index is 0.366.